The van der Waals surface area contributed by atoms with Gasteiger partial charge in [-0.05, 0) is 21.0 Å². The minimum absolute atomic E-state index is 0.198. The number of urea groups is 1. The average molecular weight is 185 g/mol. The Morgan fingerprint density at radius 1 is 1.31 bits per heavy atom. The van der Waals surface area contributed by atoms with Gasteiger partial charge in [-0.3, -0.25) is 0 Å². The van der Waals surface area contributed by atoms with Crippen molar-refractivity contribution >= 4 is 6.03 Å². The molecule has 13 heavy (non-hydrogen) atoms. The Morgan fingerprint density at radius 3 is 2.38 bits per heavy atom. The SMILES string of the molecule is CCN1CCN(CCN(C)C)C1=O. The van der Waals surface area contributed by atoms with Crippen LogP contribution in [0.3, 0.4) is 0 Å². The number of likely N-dealkylation sites (N-methyl/N-ethyl adjacent to an activating group) is 2. The van der Waals surface area contributed by atoms with Crippen LogP contribution in [0.4, 0.5) is 4.79 Å². The van der Waals surface area contributed by atoms with Gasteiger partial charge in [0, 0.05) is 32.7 Å². The molecule has 0 aliphatic carbocycles. The molecule has 0 spiro atoms. The van der Waals surface area contributed by atoms with Crippen LogP contribution in [-0.2, 0) is 0 Å². The highest BCUT2D eigenvalue weighted by molar-refractivity contribution is 5.76. The van der Waals surface area contributed by atoms with Gasteiger partial charge in [0.15, 0.2) is 0 Å². The van der Waals surface area contributed by atoms with Crippen molar-refractivity contribution in [1.82, 2.24) is 14.7 Å². The number of carbonyl (C=O) groups is 1. The monoisotopic (exact) mass is 185 g/mol. The first-order chi connectivity index (χ1) is 6.15. The Balaban J connectivity index is 2.33. The number of nitrogens with zero attached hydrogens (tertiary/aromatic N) is 3. The van der Waals surface area contributed by atoms with Crippen LogP contribution in [-0.4, -0.2) is 67.5 Å². The second-order valence-electron chi connectivity index (χ2n) is 3.65. The molecule has 0 aromatic heterocycles. The molecule has 0 atom stereocenters. The molecular weight excluding hydrogens is 166 g/mol. The Hall–Kier alpha value is -0.770. The highest BCUT2D eigenvalue weighted by atomic mass is 16.2. The molecule has 0 aromatic carbocycles. The molecule has 1 aliphatic heterocycles. The minimum atomic E-state index is 0.198. The van der Waals surface area contributed by atoms with Gasteiger partial charge in [0.1, 0.15) is 0 Å². The first kappa shape index (κ1) is 10.3. The molecule has 0 bridgehead atoms. The van der Waals surface area contributed by atoms with E-state index in [4.69, 9.17) is 0 Å². The molecule has 2 amide bonds. The zero-order chi connectivity index (χ0) is 9.84. The van der Waals surface area contributed by atoms with Crippen LogP contribution in [0.1, 0.15) is 6.92 Å². The standard InChI is InChI=1S/C9H19N3O/c1-4-11-7-8-12(9(11)13)6-5-10(2)3/h4-8H2,1-3H3. The summed E-state index contributed by atoms with van der Waals surface area (Å²) in [6.45, 7) is 6.43. The van der Waals surface area contributed by atoms with Crippen LogP contribution in [0.5, 0.6) is 0 Å². The Kier molecular flexibility index (Phi) is 3.54. The molecule has 1 aliphatic rings. The summed E-state index contributed by atoms with van der Waals surface area (Å²) in [7, 11) is 4.05. The van der Waals surface area contributed by atoms with E-state index in [-0.39, 0.29) is 6.03 Å². The molecular formula is C9H19N3O. The molecule has 1 heterocycles. The molecule has 0 saturated carbocycles. The summed E-state index contributed by atoms with van der Waals surface area (Å²) >= 11 is 0. The number of amides is 2. The lowest BCUT2D eigenvalue weighted by atomic mass is 10.5. The van der Waals surface area contributed by atoms with Crippen molar-refractivity contribution in [2.75, 3.05) is 46.8 Å². The molecule has 1 rings (SSSR count). The van der Waals surface area contributed by atoms with Crippen molar-refractivity contribution in [2.24, 2.45) is 0 Å². The number of carbonyl (C=O) groups excluding carboxylic acids is 1. The third-order valence-corrected chi connectivity index (χ3v) is 2.38. The van der Waals surface area contributed by atoms with Gasteiger partial charge in [-0.25, -0.2) is 4.79 Å². The van der Waals surface area contributed by atoms with E-state index < -0.39 is 0 Å². The van der Waals surface area contributed by atoms with Crippen molar-refractivity contribution in [3.05, 3.63) is 0 Å². The zero-order valence-electron chi connectivity index (χ0n) is 8.79. The van der Waals surface area contributed by atoms with Crippen molar-refractivity contribution in [3.63, 3.8) is 0 Å². The van der Waals surface area contributed by atoms with Crippen LogP contribution < -0.4 is 0 Å². The van der Waals surface area contributed by atoms with Gasteiger partial charge in [0.25, 0.3) is 0 Å². The highest BCUT2D eigenvalue weighted by Gasteiger charge is 2.26. The van der Waals surface area contributed by atoms with Crippen LogP contribution in [0, 0.1) is 0 Å². The molecule has 1 saturated heterocycles. The maximum absolute atomic E-state index is 11.6. The van der Waals surface area contributed by atoms with E-state index >= 15 is 0 Å². The molecule has 0 radical (unpaired) electrons. The van der Waals surface area contributed by atoms with Crippen molar-refractivity contribution in [2.45, 2.75) is 6.92 Å². The maximum Gasteiger partial charge on any atom is 0.320 e. The summed E-state index contributed by atoms with van der Waals surface area (Å²) in [6.07, 6.45) is 0. The van der Waals surface area contributed by atoms with Gasteiger partial charge in [-0.2, -0.15) is 0 Å². The van der Waals surface area contributed by atoms with Crippen molar-refractivity contribution < 1.29 is 4.79 Å². The number of hydrogen-bond donors (Lipinski definition) is 0. The fourth-order valence-corrected chi connectivity index (χ4v) is 1.45. The molecule has 76 valence electrons. The van der Waals surface area contributed by atoms with Gasteiger partial charge in [0.05, 0.1) is 0 Å². The van der Waals surface area contributed by atoms with Gasteiger partial charge in [-0.1, -0.05) is 0 Å². The number of rotatable bonds is 4. The number of hydrogen-bond acceptors (Lipinski definition) is 2. The fraction of sp³-hybridized carbons (Fsp3) is 0.889. The van der Waals surface area contributed by atoms with Crippen LogP contribution >= 0.6 is 0 Å². The lowest BCUT2D eigenvalue weighted by molar-refractivity contribution is 0.190. The lowest BCUT2D eigenvalue weighted by Gasteiger charge is -2.19. The fourth-order valence-electron chi connectivity index (χ4n) is 1.45. The van der Waals surface area contributed by atoms with Crippen molar-refractivity contribution in [1.29, 1.82) is 0 Å². The molecule has 0 aromatic rings. The van der Waals surface area contributed by atoms with E-state index in [1.165, 1.54) is 0 Å². The molecule has 0 unspecified atom stereocenters. The molecule has 0 N–H and O–H groups in total. The normalized spacial score (nSPS) is 17.7. The predicted octanol–water partition coefficient (Wildman–Crippen LogP) is 0.305. The third-order valence-electron chi connectivity index (χ3n) is 2.38. The first-order valence-corrected chi connectivity index (χ1v) is 4.83. The Morgan fingerprint density at radius 2 is 1.92 bits per heavy atom. The largest absolute Gasteiger partial charge is 0.323 e. The van der Waals surface area contributed by atoms with Gasteiger partial charge in [-0.15, -0.1) is 0 Å². The van der Waals surface area contributed by atoms with E-state index in [0.717, 1.165) is 32.7 Å². The molecule has 4 nitrogen and oxygen atoms in total. The second kappa shape index (κ2) is 4.46. The van der Waals surface area contributed by atoms with E-state index in [1.807, 2.05) is 30.8 Å². The van der Waals surface area contributed by atoms with E-state index in [9.17, 15) is 4.79 Å². The van der Waals surface area contributed by atoms with Gasteiger partial charge in [0.2, 0.25) is 0 Å². The van der Waals surface area contributed by atoms with Crippen LogP contribution in [0.15, 0.2) is 0 Å². The summed E-state index contributed by atoms with van der Waals surface area (Å²) in [4.78, 5) is 17.5. The topological polar surface area (TPSA) is 26.8 Å². The maximum atomic E-state index is 11.6. The first-order valence-electron chi connectivity index (χ1n) is 4.83. The second-order valence-corrected chi connectivity index (χ2v) is 3.65. The van der Waals surface area contributed by atoms with Gasteiger partial charge < -0.3 is 14.7 Å². The average Bonchev–Trinajstić information content (AvgIpc) is 2.43. The quantitative estimate of drug-likeness (QED) is 0.630. The Bertz CT molecular complexity index is 182. The van der Waals surface area contributed by atoms with E-state index in [1.54, 1.807) is 0 Å². The van der Waals surface area contributed by atoms with E-state index in [2.05, 4.69) is 4.90 Å². The van der Waals surface area contributed by atoms with Gasteiger partial charge >= 0.3 is 6.03 Å². The zero-order valence-corrected chi connectivity index (χ0v) is 8.79. The summed E-state index contributed by atoms with van der Waals surface area (Å²) in [5, 5.41) is 0. The van der Waals surface area contributed by atoms with E-state index in [0.29, 0.717) is 0 Å². The smallest absolute Gasteiger partial charge is 0.320 e. The summed E-state index contributed by atoms with van der Waals surface area (Å²) in [6, 6.07) is 0.198. The van der Waals surface area contributed by atoms with Crippen molar-refractivity contribution in [3.8, 4) is 0 Å². The summed E-state index contributed by atoms with van der Waals surface area (Å²) in [5.74, 6) is 0. The lowest BCUT2D eigenvalue weighted by Crippen LogP contribution is -2.36. The summed E-state index contributed by atoms with van der Waals surface area (Å²) < 4.78 is 0. The third kappa shape index (κ3) is 2.59. The highest BCUT2D eigenvalue weighted by Crippen LogP contribution is 2.06. The minimum Gasteiger partial charge on any atom is -0.323 e. The Labute approximate surface area is 80.1 Å². The molecule has 1 fully saturated rings. The van der Waals surface area contributed by atoms with Crippen LogP contribution in [0.25, 0.3) is 0 Å². The predicted molar refractivity (Wildman–Crippen MR) is 52.8 cm³/mol. The summed E-state index contributed by atoms with van der Waals surface area (Å²) in [5.41, 5.74) is 0. The van der Waals surface area contributed by atoms with Crippen LogP contribution in [0.2, 0.25) is 0 Å². The molecule has 4 heteroatoms.